The van der Waals surface area contributed by atoms with E-state index in [0.29, 0.717) is 0 Å². The molecule has 2 N–H and O–H groups in total. The van der Waals surface area contributed by atoms with Crippen molar-refractivity contribution in [3.63, 3.8) is 0 Å². The molecule has 20 heavy (non-hydrogen) atoms. The molecule has 0 radical (unpaired) electrons. The molecular formula is C10H12N4O6. The van der Waals surface area contributed by atoms with Gasteiger partial charge in [-0.15, -0.1) is 0 Å². The Labute approximate surface area is 112 Å². The number of oxime groups is 1. The smallest absolute Gasteiger partial charge is 0.397 e. The molecule has 0 aliphatic carbocycles. The molecule has 0 atom stereocenters. The SMILES string of the molecule is CC(=O)N(C)CC(=O)O/N=C(\N)c1ccc([N+](=O)[O-])o1. The average molecular weight is 284 g/mol. The maximum Gasteiger partial charge on any atom is 0.433 e. The van der Waals surface area contributed by atoms with Crippen molar-refractivity contribution >= 4 is 23.6 Å². The largest absolute Gasteiger partial charge is 0.433 e. The summed E-state index contributed by atoms with van der Waals surface area (Å²) in [6.45, 7) is 0.983. The summed E-state index contributed by atoms with van der Waals surface area (Å²) in [6.07, 6.45) is 0. The number of amides is 1. The highest BCUT2D eigenvalue weighted by molar-refractivity contribution is 5.95. The standard InChI is InChI=1S/C10H12N4O6/c1-6(15)13(2)5-9(16)20-12-10(11)7-3-4-8(19-7)14(17)18/h3-4H,5H2,1-2H3,(H2,11,12). The fourth-order valence-corrected chi connectivity index (χ4v) is 1.04. The van der Waals surface area contributed by atoms with Gasteiger partial charge in [-0.1, -0.05) is 5.16 Å². The summed E-state index contributed by atoms with van der Waals surface area (Å²) in [5.41, 5.74) is 5.42. The molecule has 108 valence electrons. The van der Waals surface area contributed by atoms with Gasteiger partial charge in [0.2, 0.25) is 11.7 Å². The van der Waals surface area contributed by atoms with Crippen molar-refractivity contribution in [1.82, 2.24) is 4.90 Å². The number of amidine groups is 1. The molecule has 0 saturated heterocycles. The molecule has 0 aromatic carbocycles. The van der Waals surface area contributed by atoms with Crippen LogP contribution in [0.3, 0.4) is 0 Å². The highest BCUT2D eigenvalue weighted by Gasteiger charge is 2.15. The first-order valence-corrected chi connectivity index (χ1v) is 5.31. The summed E-state index contributed by atoms with van der Waals surface area (Å²) < 4.78 is 4.75. The van der Waals surface area contributed by atoms with Gasteiger partial charge in [-0.2, -0.15) is 0 Å². The fourth-order valence-electron chi connectivity index (χ4n) is 1.04. The topological polar surface area (TPSA) is 141 Å². The Morgan fingerprint density at radius 3 is 2.70 bits per heavy atom. The average Bonchev–Trinajstić information content (AvgIpc) is 2.85. The van der Waals surface area contributed by atoms with Crippen LogP contribution in [-0.2, 0) is 14.4 Å². The van der Waals surface area contributed by atoms with Crippen LogP contribution in [0.4, 0.5) is 5.88 Å². The first-order chi connectivity index (χ1) is 9.31. The van der Waals surface area contributed by atoms with Crippen molar-refractivity contribution < 1.29 is 23.8 Å². The lowest BCUT2D eigenvalue weighted by molar-refractivity contribution is -0.402. The lowest BCUT2D eigenvalue weighted by Gasteiger charge is -2.11. The van der Waals surface area contributed by atoms with Gasteiger partial charge in [0.1, 0.15) is 11.5 Å². The molecule has 0 saturated carbocycles. The molecule has 1 aromatic rings. The third-order valence-electron chi connectivity index (χ3n) is 2.17. The van der Waals surface area contributed by atoms with Crippen LogP contribution < -0.4 is 5.73 Å². The summed E-state index contributed by atoms with van der Waals surface area (Å²) in [6, 6.07) is 2.30. The summed E-state index contributed by atoms with van der Waals surface area (Å²) in [4.78, 5) is 37.4. The molecule has 1 amide bonds. The third kappa shape index (κ3) is 4.08. The Morgan fingerprint density at radius 1 is 1.55 bits per heavy atom. The van der Waals surface area contributed by atoms with Crippen molar-refractivity contribution in [2.75, 3.05) is 13.6 Å². The van der Waals surface area contributed by atoms with Crippen molar-refractivity contribution in [3.05, 3.63) is 28.0 Å². The van der Waals surface area contributed by atoms with E-state index < -0.39 is 16.8 Å². The highest BCUT2D eigenvalue weighted by Crippen LogP contribution is 2.15. The summed E-state index contributed by atoms with van der Waals surface area (Å²) >= 11 is 0. The molecular weight excluding hydrogens is 272 g/mol. The van der Waals surface area contributed by atoms with E-state index in [9.17, 15) is 19.7 Å². The van der Waals surface area contributed by atoms with E-state index >= 15 is 0 Å². The molecule has 0 unspecified atom stereocenters. The minimum Gasteiger partial charge on any atom is -0.397 e. The summed E-state index contributed by atoms with van der Waals surface area (Å²) in [7, 11) is 1.41. The lowest BCUT2D eigenvalue weighted by Crippen LogP contribution is -2.30. The molecule has 10 nitrogen and oxygen atoms in total. The van der Waals surface area contributed by atoms with E-state index in [0.717, 1.165) is 11.0 Å². The number of rotatable bonds is 5. The van der Waals surface area contributed by atoms with E-state index in [4.69, 9.17) is 10.2 Å². The molecule has 0 fully saturated rings. The van der Waals surface area contributed by atoms with Gasteiger partial charge in [0.05, 0.1) is 6.07 Å². The van der Waals surface area contributed by atoms with Crippen LogP contribution in [0.1, 0.15) is 12.7 Å². The zero-order chi connectivity index (χ0) is 15.3. The number of hydrogen-bond donors (Lipinski definition) is 1. The Bertz CT molecular complexity index is 564. The molecule has 0 spiro atoms. The fraction of sp³-hybridized carbons (Fsp3) is 0.300. The van der Waals surface area contributed by atoms with Gasteiger partial charge >= 0.3 is 11.9 Å². The minimum absolute atomic E-state index is 0.107. The Kier molecular flexibility index (Phi) is 4.78. The van der Waals surface area contributed by atoms with Crippen LogP contribution >= 0.6 is 0 Å². The second-order valence-electron chi connectivity index (χ2n) is 3.71. The van der Waals surface area contributed by atoms with Crippen molar-refractivity contribution in [2.24, 2.45) is 10.9 Å². The molecule has 1 aromatic heterocycles. The van der Waals surface area contributed by atoms with Crippen LogP contribution in [0.5, 0.6) is 0 Å². The maximum atomic E-state index is 11.3. The minimum atomic E-state index is -0.813. The van der Waals surface area contributed by atoms with E-state index in [-0.39, 0.29) is 24.0 Å². The summed E-state index contributed by atoms with van der Waals surface area (Å²) in [5.74, 6) is -2.09. The number of likely N-dealkylation sites (N-methyl/N-ethyl adjacent to an activating group) is 1. The molecule has 1 heterocycles. The number of nitro groups is 1. The van der Waals surface area contributed by atoms with Gasteiger partial charge in [-0.3, -0.25) is 14.9 Å². The van der Waals surface area contributed by atoms with Crippen molar-refractivity contribution in [3.8, 4) is 0 Å². The maximum absolute atomic E-state index is 11.3. The van der Waals surface area contributed by atoms with Crippen LogP contribution in [0.25, 0.3) is 0 Å². The van der Waals surface area contributed by atoms with Crippen molar-refractivity contribution in [1.29, 1.82) is 0 Å². The number of hydrogen-bond acceptors (Lipinski definition) is 7. The Balaban J connectivity index is 2.62. The van der Waals surface area contributed by atoms with E-state index in [2.05, 4.69) is 9.99 Å². The number of carbonyl (C=O) groups is 2. The first kappa shape index (κ1) is 15.1. The summed E-state index contributed by atoms with van der Waals surface area (Å²) in [5, 5.41) is 13.7. The predicted octanol–water partition coefficient (Wildman–Crippen LogP) is -0.170. The second kappa shape index (κ2) is 6.31. The van der Waals surface area contributed by atoms with Gasteiger partial charge in [-0.05, 0) is 6.07 Å². The zero-order valence-corrected chi connectivity index (χ0v) is 10.7. The van der Waals surface area contributed by atoms with Crippen LogP contribution in [0.2, 0.25) is 0 Å². The molecule has 10 heteroatoms. The molecule has 1 rings (SSSR count). The predicted molar refractivity (Wildman–Crippen MR) is 65.5 cm³/mol. The van der Waals surface area contributed by atoms with Crippen molar-refractivity contribution in [2.45, 2.75) is 6.92 Å². The Hall–Kier alpha value is -2.91. The molecule has 0 aliphatic rings. The quantitative estimate of drug-likeness (QED) is 0.260. The third-order valence-corrected chi connectivity index (χ3v) is 2.17. The first-order valence-electron chi connectivity index (χ1n) is 5.31. The van der Waals surface area contributed by atoms with E-state index in [1.54, 1.807) is 0 Å². The van der Waals surface area contributed by atoms with Gasteiger partial charge in [-0.25, -0.2) is 4.79 Å². The second-order valence-corrected chi connectivity index (χ2v) is 3.71. The van der Waals surface area contributed by atoms with Gasteiger partial charge in [0.15, 0.2) is 5.76 Å². The number of carbonyl (C=O) groups excluding carboxylic acids is 2. The van der Waals surface area contributed by atoms with E-state index in [1.807, 2.05) is 0 Å². The number of nitrogens with zero attached hydrogens (tertiary/aromatic N) is 3. The zero-order valence-electron chi connectivity index (χ0n) is 10.7. The number of nitrogens with two attached hydrogens (primary N) is 1. The molecule has 0 bridgehead atoms. The van der Waals surface area contributed by atoms with Gasteiger partial charge in [0.25, 0.3) is 0 Å². The lowest BCUT2D eigenvalue weighted by atomic mass is 10.4. The highest BCUT2D eigenvalue weighted by atomic mass is 16.7. The Morgan fingerprint density at radius 2 is 2.20 bits per heavy atom. The van der Waals surface area contributed by atoms with Crippen LogP contribution in [0, 0.1) is 10.1 Å². The monoisotopic (exact) mass is 284 g/mol. The molecule has 0 aliphatic heterocycles. The van der Waals surface area contributed by atoms with Gasteiger partial charge < -0.3 is 19.9 Å². The van der Waals surface area contributed by atoms with Crippen LogP contribution in [-0.4, -0.2) is 41.1 Å². The normalized spacial score (nSPS) is 11.0. The van der Waals surface area contributed by atoms with Crippen LogP contribution in [0.15, 0.2) is 21.7 Å². The van der Waals surface area contributed by atoms with E-state index in [1.165, 1.54) is 20.0 Å². The van der Waals surface area contributed by atoms with Gasteiger partial charge in [0, 0.05) is 14.0 Å². The number of furan rings is 1.